The Labute approximate surface area is 126 Å². The molecule has 2 unspecified atom stereocenters. The Kier molecular flexibility index (Phi) is 3.55. The van der Waals surface area contributed by atoms with Gasteiger partial charge in [0, 0.05) is 15.8 Å². The Morgan fingerprint density at radius 2 is 2.05 bits per heavy atom. The van der Waals surface area contributed by atoms with Crippen molar-refractivity contribution < 1.29 is 4.74 Å². The zero-order chi connectivity index (χ0) is 13.4. The molecule has 1 aliphatic carbocycles. The van der Waals surface area contributed by atoms with Crippen LogP contribution in [0.15, 0.2) is 42.5 Å². The van der Waals surface area contributed by atoms with Crippen LogP contribution in [0.2, 0.25) is 5.02 Å². The fraction of sp³-hybridized carbons (Fsp3) is 0.250. The average molecular weight is 338 g/mol. The van der Waals surface area contributed by atoms with Gasteiger partial charge in [-0.15, -0.1) is 0 Å². The van der Waals surface area contributed by atoms with Gasteiger partial charge < -0.3 is 4.74 Å². The first kappa shape index (κ1) is 13.0. The number of halogens is 2. The summed E-state index contributed by atoms with van der Waals surface area (Å²) in [5.41, 5.74) is 4.00. The van der Waals surface area contributed by atoms with Gasteiger partial charge in [0.25, 0.3) is 0 Å². The lowest BCUT2D eigenvalue weighted by atomic mass is 9.74. The topological polar surface area (TPSA) is 9.23 Å². The van der Waals surface area contributed by atoms with E-state index >= 15 is 0 Å². The highest BCUT2D eigenvalue weighted by Gasteiger charge is 2.33. The van der Waals surface area contributed by atoms with Crippen LogP contribution in [0.5, 0.6) is 5.75 Å². The summed E-state index contributed by atoms with van der Waals surface area (Å²) in [4.78, 5) is 0.251. The van der Waals surface area contributed by atoms with Gasteiger partial charge in [0.15, 0.2) is 0 Å². The molecular formula is C16H14BrClO. The zero-order valence-electron chi connectivity index (χ0n) is 10.6. The minimum absolute atomic E-state index is 0.251. The number of hydrogen-bond donors (Lipinski definition) is 0. The second kappa shape index (κ2) is 5.18. The van der Waals surface area contributed by atoms with Crippen molar-refractivity contribution >= 4 is 27.5 Å². The Hall–Kier alpha value is -0.990. The molecule has 0 heterocycles. The summed E-state index contributed by atoms with van der Waals surface area (Å²) in [6, 6.07) is 14.5. The Morgan fingerprint density at radius 3 is 2.74 bits per heavy atom. The number of alkyl halides is 1. The zero-order valence-corrected chi connectivity index (χ0v) is 12.9. The standard InChI is InChI=1S/C16H14BrClO/c1-19-11-6-7-13(15(18)9-11)16(17)14-8-10-4-2-3-5-12(10)14/h2-7,9,14,16H,8H2,1H3. The smallest absolute Gasteiger partial charge is 0.120 e. The SMILES string of the molecule is COc1ccc(C(Br)C2Cc3ccccc32)c(Cl)c1. The second-order valence-electron chi connectivity index (χ2n) is 4.80. The molecule has 1 aliphatic rings. The van der Waals surface area contributed by atoms with Gasteiger partial charge in [-0.3, -0.25) is 0 Å². The van der Waals surface area contributed by atoms with Crippen molar-refractivity contribution in [3.63, 3.8) is 0 Å². The molecule has 19 heavy (non-hydrogen) atoms. The lowest BCUT2D eigenvalue weighted by molar-refractivity contribution is 0.414. The van der Waals surface area contributed by atoms with Crippen LogP contribution in [-0.2, 0) is 6.42 Å². The molecule has 0 saturated heterocycles. The fourth-order valence-corrected chi connectivity index (χ4v) is 3.92. The lowest BCUT2D eigenvalue weighted by Crippen LogP contribution is -2.20. The van der Waals surface area contributed by atoms with E-state index in [1.807, 2.05) is 18.2 Å². The molecule has 0 saturated carbocycles. The molecule has 0 aromatic heterocycles. The van der Waals surface area contributed by atoms with E-state index in [1.165, 1.54) is 11.1 Å². The molecule has 0 bridgehead atoms. The molecule has 2 atom stereocenters. The third kappa shape index (κ3) is 2.28. The minimum atomic E-state index is 0.251. The van der Waals surface area contributed by atoms with Crippen molar-refractivity contribution in [1.82, 2.24) is 0 Å². The number of hydrogen-bond acceptors (Lipinski definition) is 1. The van der Waals surface area contributed by atoms with Gasteiger partial charge in [-0.05, 0) is 35.2 Å². The first-order valence-corrected chi connectivity index (χ1v) is 7.55. The highest BCUT2D eigenvalue weighted by molar-refractivity contribution is 9.09. The highest BCUT2D eigenvalue weighted by atomic mass is 79.9. The van der Waals surface area contributed by atoms with Crippen LogP contribution < -0.4 is 4.74 Å². The van der Waals surface area contributed by atoms with Crippen LogP contribution >= 0.6 is 27.5 Å². The summed E-state index contributed by atoms with van der Waals surface area (Å²) >= 11 is 10.1. The van der Waals surface area contributed by atoms with Crippen molar-refractivity contribution in [2.75, 3.05) is 7.11 Å². The maximum absolute atomic E-state index is 6.35. The predicted molar refractivity (Wildman–Crippen MR) is 82.6 cm³/mol. The van der Waals surface area contributed by atoms with Crippen LogP contribution in [0.25, 0.3) is 0 Å². The number of fused-ring (bicyclic) bond motifs is 1. The van der Waals surface area contributed by atoms with Crippen molar-refractivity contribution in [2.24, 2.45) is 0 Å². The maximum atomic E-state index is 6.35. The van der Waals surface area contributed by atoms with E-state index in [9.17, 15) is 0 Å². The van der Waals surface area contributed by atoms with Crippen LogP contribution in [0, 0.1) is 0 Å². The van der Waals surface area contributed by atoms with Gasteiger partial charge in [0.2, 0.25) is 0 Å². The normalized spacial score (nSPS) is 18.4. The first-order chi connectivity index (χ1) is 9.20. The van der Waals surface area contributed by atoms with E-state index < -0.39 is 0 Å². The summed E-state index contributed by atoms with van der Waals surface area (Å²) < 4.78 is 5.19. The monoisotopic (exact) mass is 336 g/mol. The molecule has 2 aromatic rings. The van der Waals surface area contributed by atoms with E-state index in [1.54, 1.807) is 7.11 Å². The molecule has 0 N–H and O–H groups in total. The fourth-order valence-electron chi connectivity index (χ4n) is 2.63. The minimum Gasteiger partial charge on any atom is -0.497 e. The summed E-state index contributed by atoms with van der Waals surface area (Å²) in [5.74, 6) is 1.30. The molecule has 0 spiro atoms. The number of benzene rings is 2. The molecule has 0 fully saturated rings. The molecule has 1 nitrogen and oxygen atoms in total. The van der Waals surface area contributed by atoms with Gasteiger partial charge >= 0.3 is 0 Å². The highest BCUT2D eigenvalue weighted by Crippen LogP contribution is 2.49. The Balaban J connectivity index is 1.88. The van der Waals surface area contributed by atoms with Crippen LogP contribution in [-0.4, -0.2) is 7.11 Å². The summed E-state index contributed by atoms with van der Waals surface area (Å²) in [6.07, 6.45) is 1.11. The van der Waals surface area contributed by atoms with Gasteiger partial charge in [-0.1, -0.05) is 57.9 Å². The molecule has 0 aliphatic heterocycles. The van der Waals surface area contributed by atoms with Crippen molar-refractivity contribution in [1.29, 1.82) is 0 Å². The van der Waals surface area contributed by atoms with Crippen LogP contribution in [0.1, 0.15) is 27.4 Å². The molecule has 0 amide bonds. The van der Waals surface area contributed by atoms with E-state index in [4.69, 9.17) is 16.3 Å². The van der Waals surface area contributed by atoms with E-state index in [2.05, 4.69) is 40.2 Å². The van der Waals surface area contributed by atoms with Gasteiger partial charge in [-0.2, -0.15) is 0 Å². The Morgan fingerprint density at radius 1 is 1.26 bits per heavy atom. The van der Waals surface area contributed by atoms with Gasteiger partial charge in [0.05, 0.1) is 7.11 Å². The lowest BCUT2D eigenvalue weighted by Gasteiger charge is -2.34. The molecule has 98 valence electrons. The summed E-state index contributed by atoms with van der Waals surface area (Å²) in [5, 5.41) is 0.755. The van der Waals surface area contributed by atoms with E-state index in [0.29, 0.717) is 5.92 Å². The summed E-state index contributed by atoms with van der Waals surface area (Å²) in [6.45, 7) is 0. The number of methoxy groups -OCH3 is 1. The Bertz CT molecular complexity index is 611. The van der Waals surface area contributed by atoms with E-state index in [-0.39, 0.29) is 4.83 Å². The average Bonchev–Trinajstić information content (AvgIpc) is 2.39. The van der Waals surface area contributed by atoms with Crippen molar-refractivity contribution in [3.8, 4) is 5.75 Å². The molecule has 3 heteroatoms. The van der Waals surface area contributed by atoms with E-state index in [0.717, 1.165) is 22.8 Å². The molecule has 3 rings (SSSR count). The third-order valence-electron chi connectivity index (χ3n) is 3.75. The van der Waals surface area contributed by atoms with Gasteiger partial charge in [0.1, 0.15) is 5.75 Å². The molecule has 2 aromatic carbocycles. The van der Waals surface area contributed by atoms with Crippen LogP contribution in [0.3, 0.4) is 0 Å². The van der Waals surface area contributed by atoms with Crippen LogP contribution in [0.4, 0.5) is 0 Å². The quantitative estimate of drug-likeness (QED) is 0.706. The second-order valence-corrected chi connectivity index (χ2v) is 6.19. The number of rotatable bonds is 3. The third-order valence-corrected chi connectivity index (χ3v) is 5.21. The predicted octanol–water partition coefficient (Wildman–Crippen LogP) is 5.12. The first-order valence-electron chi connectivity index (χ1n) is 6.26. The van der Waals surface area contributed by atoms with Crippen molar-refractivity contribution in [2.45, 2.75) is 17.2 Å². The van der Waals surface area contributed by atoms with Gasteiger partial charge in [-0.25, -0.2) is 0 Å². The number of ether oxygens (including phenoxy) is 1. The van der Waals surface area contributed by atoms with Crippen molar-refractivity contribution in [3.05, 3.63) is 64.2 Å². The molecular weight excluding hydrogens is 324 g/mol. The largest absolute Gasteiger partial charge is 0.497 e. The summed E-state index contributed by atoms with van der Waals surface area (Å²) in [7, 11) is 1.65. The maximum Gasteiger partial charge on any atom is 0.120 e. The molecule has 0 radical (unpaired) electrons.